The second-order valence-corrected chi connectivity index (χ2v) is 7.99. The average Bonchev–Trinajstić information content (AvgIpc) is 2.54. The van der Waals surface area contributed by atoms with Gasteiger partial charge in [-0.1, -0.05) is 96.8 Å². The number of unbranched alkanes of at least 4 members (excludes halogenated alkanes) is 15. The zero-order valence-corrected chi connectivity index (χ0v) is 16.8. The van der Waals surface area contributed by atoms with E-state index >= 15 is 0 Å². The summed E-state index contributed by atoms with van der Waals surface area (Å²) in [5.74, 6) is 0. The van der Waals surface area contributed by atoms with Gasteiger partial charge in [-0.15, -0.1) is 0 Å². The van der Waals surface area contributed by atoms with Crippen LogP contribution >= 0.6 is 0 Å². The molecule has 0 saturated heterocycles. The van der Waals surface area contributed by atoms with E-state index in [0.717, 1.165) is 13.0 Å². The Bertz CT molecular complexity index is 290. The van der Waals surface area contributed by atoms with Crippen LogP contribution in [0.25, 0.3) is 0 Å². The number of nitrogens with zero attached hydrogens (tertiary/aromatic N) is 1. The predicted octanol–water partition coefficient (Wildman–Crippen LogP) is 7.00. The number of hydrogen-bond acceptors (Lipinski definition) is 1. The van der Waals surface area contributed by atoms with Crippen LogP contribution in [-0.4, -0.2) is 36.3 Å². The van der Waals surface area contributed by atoms with Gasteiger partial charge in [0.25, 0.3) is 0 Å². The molecule has 0 atom stereocenters. The van der Waals surface area contributed by atoms with E-state index < -0.39 is 6.09 Å². The molecular weight excluding hydrogens is 298 g/mol. The molecule has 1 N–H and O–H groups in total. The number of carbonyl (C=O) groups is 1. The van der Waals surface area contributed by atoms with Crippen molar-refractivity contribution >= 4 is 6.09 Å². The van der Waals surface area contributed by atoms with E-state index in [1.165, 1.54) is 96.3 Å². The first-order valence-corrected chi connectivity index (χ1v) is 10.6. The Morgan fingerprint density at radius 1 is 0.625 bits per heavy atom. The van der Waals surface area contributed by atoms with E-state index in [4.69, 9.17) is 5.11 Å². The summed E-state index contributed by atoms with van der Waals surface area (Å²) < 4.78 is 0.0958. The van der Waals surface area contributed by atoms with Gasteiger partial charge in [0.05, 0.1) is 20.6 Å². The van der Waals surface area contributed by atoms with Gasteiger partial charge in [0, 0.05) is 0 Å². The van der Waals surface area contributed by atoms with E-state index in [0.29, 0.717) is 0 Å². The highest BCUT2D eigenvalue weighted by Crippen LogP contribution is 2.14. The molecule has 0 aliphatic heterocycles. The highest BCUT2D eigenvalue weighted by Gasteiger charge is 2.24. The lowest BCUT2D eigenvalue weighted by Crippen LogP contribution is -2.45. The van der Waals surface area contributed by atoms with Crippen LogP contribution in [0.4, 0.5) is 4.79 Å². The van der Waals surface area contributed by atoms with Gasteiger partial charge in [0.2, 0.25) is 0 Å². The van der Waals surface area contributed by atoms with Gasteiger partial charge in [0.15, 0.2) is 0 Å². The third-order valence-corrected chi connectivity index (χ3v) is 5.09. The van der Waals surface area contributed by atoms with Gasteiger partial charge in [0.1, 0.15) is 0 Å². The lowest BCUT2D eigenvalue weighted by atomic mass is 10.0. The van der Waals surface area contributed by atoms with Crippen LogP contribution in [-0.2, 0) is 0 Å². The fourth-order valence-corrected chi connectivity index (χ4v) is 3.15. The maximum atomic E-state index is 11.0. The number of quaternary nitrogens is 1. The van der Waals surface area contributed by atoms with Crippen LogP contribution in [0.5, 0.6) is 0 Å². The Hall–Kier alpha value is -0.570. The molecule has 3 nitrogen and oxygen atoms in total. The second kappa shape index (κ2) is 15.9. The van der Waals surface area contributed by atoms with Crippen molar-refractivity contribution in [1.82, 2.24) is 0 Å². The van der Waals surface area contributed by atoms with Crippen molar-refractivity contribution < 1.29 is 14.4 Å². The SMILES string of the molecule is CCCCCCCCCCCCCCCCCC[N+](C)(C)C(=O)O. The average molecular weight is 343 g/mol. The van der Waals surface area contributed by atoms with Crippen molar-refractivity contribution in [3.05, 3.63) is 0 Å². The minimum atomic E-state index is -0.726. The van der Waals surface area contributed by atoms with Crippen LogP contribution in [0.15, 0.2) is 0 Å². The van der Waals surface area contributed by atoms with E-state index in [9.17, 15) is 4.79 Å². The topological polar surface area (TPSA) is 37.3 Å². The fraction of sp³-hybridized carbons (Fsp3) is 0.952. The quantitative estimate of drug-likeness (QED) is 0.228. The smallest absolute Gasteiger partial charge is 0.435 e. The fourth-order valence-electron chi connectivity index (χ4n) is 3.15. The Morgan fingerprint density at radius 2 is 0.917 bits per heavy atom. The monoisotopic (exact) mass is 342 g/mol. The molecule has 0 aliphatic rings. The van der Waals surface area contributed by atoms with Crippen LogP contribution in [0.2, 0.25) is 0 Å². The number of carboxylic acid groups (broad SMARTS) is 1. The zero-order chi connectivity index (χ0) is 18.1. The molecule has 0 saturated carbocycles. The highest BCUT2D eigenvalue weighted by molar-refractivity contribution is 5.56. The van der Waals surface area contributed by atoms with E-state index in [1.54, 1.807) is 14.1 Å². The lowest BCUT2D eigenvalue weighted by Gasteiger charge is -2.22. The summed E-state index contributed by atoms with van der Waals surface area (Å²) in [7, 11) is 3.54. The first kappa shape index (κ1) is 23.4. The zero-order valence-electron chi connectivity index (χ0n) is 16.8. The van der Waals surface area contributed by atoms with Crippen molar-refractivity contribution in [2.75, 3.05) is 20.6 Å². The number of amides is 1. The standard InChI is InChI=1S/C21H43NO2/c1-4-5-6-7-8-9-10-11-12-13-14-15-16-17-18-19-20-22(2,3)21(23)24/h4-20H2,1-3H3/p+1. The normalized spacial score (nSPS) is 11.8. The summed E-state index contributed by atoms with van der Waals surface area (Å²) in [5, 5.41) is 9.04. The molecule has 1 amide bonds. The Kier molecular flexibility index (Phi) is 15.6. The molecule has 0 aromatic heterocycles. The largest absolute Gasteiger partial charge is 0.513 e. The summed E-state index contributed by atoms with van der Waals surface area (Å²) in [5.41, 5.74) is 0. The van der Waals surface area contributed by atoms with Crippen molar-refractivity contribution in [3.63, 3.8) is 0 Å². The second-order valence-electron chi connectivity index (χ2n) is 7.99. The maximum absolute atomic E-state index is 11.0. The minimum absolute atomic E-state index is 0.0958. The molecule has 0 bridgehead atoms. The van der Waals surface area contributed by atoms with Crippen molar-refractivity contribution in [2.45, 2.75) is 110 Å². The van der Waals surface area contributed by atoms with Gasteiger partial charge < -0.3 is 5.11 Å². The summed E-state index contributed by atoms with van der Waals surface area (Å²) in [6.45, 7) is 3.02. The molecule has 3 heteroatoms. The molecule has 0 aromatic rings. The maximum Gasteiger partial charge on any atom is 0.513 e. The molecule has 0 aromatic carbocycles. The number of rotatable bonds is 17. The van der Waals surface area contributed by atoms with Crippen molar-refractivity contribution in [1.29, 1.82) is 0 Å². The molecule has 0 aliphatic carbocycles. The molecule has 0 radical (unpaired) electrons. The van der Waals surface area contributed by atoms with Crippen LogP contribution in [0, 0.1) is 0 Å². The van der Waals surface area contributed by atoms with Crippen molar-refractivity contribution in [3.8, 4) is 0 Å². The minimum Gasteiger partial charge on any atom is -0.435 e. The summed E-state index contributed by atoms with van der Waals surface area (Å²) in [6.07, 6.45) is 21.0. The third-order valence-electron chi connectivity index (χ3n) is 5.09. The highest BCUT2D eigenvalue weighted by atomic mass is 16.4. The lowest BCUT2D eigenvalue weighted by molar-refractivity contribution is -0.816. The van der Waals surface area contributed by atoms with Gasteiger partial charge >= 0.3 is 6.09 Å². The molecule has 0 rings (SSSR count). The molecule has 0 fully saturated rings. The van der Waals surface area contributed by atoms with E-state index in [1.807, 2.05) is 0 Å². The number of hydrogen-bond donors (Lipinski definition) is 1. The summed E-state index contributed by atoms with van der Waals surface area (Å²) in [4.78, 5) is 11.0. The van der Waals surface area contributed by atoms with E-state index in [-0.39, 0.29) is 4.48 Å². The van der Waals surface area contributed by atoms with Crippen LogP contribution in [0.3, 0.4) is 0 Å². The van der Waals surface area contributed by atoms with Gasteiger partial charge in [-0.3, -0.25) is 0 Å². The third kappa shape index (κ3) is 15.0. The first-order chi connectivity index (χ1) is 11.5. The first-order valence-electron chi connectivity index (χ1n) is 10.6. The van der Waals surface area contributed by atoms with Crippen LogP contribution in [0.1, 0.15) is 110 Å². The molecule has 0 spiro atoms. The van der Waals surface area contributed by atoms with E-state index in [2.05, 4.69) is 6.92 Å². The molecule has 144 valence electrons. The van der Waals surface area contributed by atoms with Gasteiger partial charge in [-0.25, -0.2) is 4.48 Å². The molecule has 24 heavy (non-hydrogen) atoms. The molecule has 0 unspecified atom stereocenters. The predicted molar refractivity (Wildman–Crippen MR) is 105 cm³/mol. The Labute approximate surface area is 151 Å². The summed E-state index contributed by atoms with van der Waals surface area (Å²) >= 11 is 0. The van der Waals surface area contributed by atoms with Gasteiger partial charge in [-0.2, -0.15) is 4.79 Å². The summed E-state index contributed by atoms with van der Waals surface area (Å²) in [6, 6.07) is 0. The Balaban J connectivity index is 3.14. The van der Waals surface area contributed by atoms with Crippen molar-refractivity contribution in [2.24, 2.45) is 0 Å². The molecule has 0 heterocycles. The van der Waals surface area contributed by atoms with Gasteiger partial charge in [-0.05, 0) is 12.8 Å². The molecular formula is C21H44NO2+. The Morgan fingerprint density at radius 3 is 1.21 bits per heavy atom. The van der Waals surface area contributed by atoms with Crippen LogP contribution < -0.4 is 0 Å².